The Bertz CT molecular complexity index is 1010. The first kappa shape index (κ1) is 17.2. The minimum absolute atomic E-state index is 0.194. The maximum atomic E-state index is 13.0. The van der Waals surface area contributed by atoms with E-state index >= 15 is 0 Å². The highest BCUT2D eigenvalue weighted by Gasteiger charge is 2.31. The molecule has 1 amide bonds. The van der Waals surface area contributed by atoms with Crippen molar-refractivity contribution < 1.29 is 4.79 Å². The summed E-state index contributed by atoms with van der Waals surface area (Å²) in [6, 6.07) is 27.0. The van der Waals surface area contributed by atoms with Crippen LogP contribution in [0.15, 0.2) is 100 Å². The van der Waals surface area contributed by atoms with Gasteiger partial charge in [-0.2, -0.15) is 5.01 Å². The fourth-order valence-electron chi connectivity index (χ4n) is 2.76. The Labute approximate surface area is 166 Å². The van der Waals surface area contributed by atoms with Crippen molar-refractivity contribution in [2.45, 2.75) is 0 Å². The summed E-state index contributed by atoms with van der Waals surface area (Å²) >= 11 is 3.42. The number of amidine groups is 1. The number of halogens is 1. The predicted octanol–water partition coefficient (Wildman–Crippen LogP) is 5.11. The first-order chi connectivity index (χ1) is 13.2. The molecule has 0 bridgehead atoms. The van der Waals surface area contributed by atoms with Gasteiger partial charge in [-0.15, -0.1) is 0 Å². The van der Waals surface area contributed by atoms with Crippen molar-refractivity contribution in [2.75, 3.05) is 5.43 Å². The van der Waals surface area contributed by atoms with Crippen molar-refractivity contribution in [1.82, 2.24) is 5.01 Å². The highest BCUT2D eigenvalue weighted by Crippen LogP contribution is 2.23. The molecule has 0 aliphatic carbocycles. The molecule has 0 saturated carbocycles. The van der Waals surface area contributed by atoms with Crippen molar-refractivity contribution in [3.8, 4) is 0 Å². The monoisotopic (exact) mass is 417 g/mol. The SMILES string of the molecule is O=C1C(=Cc2ccc(Br)cc2)N=C(c2ccccc2)N1Nc1ccccc1. The molecule has 0 spiro atoms. The fraction of sp³-hybridized carbons (Fsp3) is 0. The van der Waals surface area contributed by atoms with E-state index in [9.17, 15) is 4.79 Å². The molecule has 1 aliphatic heterocycles. The average molecular weight is 418 g/mol. The van der Waals surface area contributed by atoms with Gasteiger partial charge in [0, 0.05) is 10.0 Å². The molecule has 4 rings (SSSR count). The number of anilines is 1. The molecule has 3 aromatic rings. The van der Waals surface area contributed by atoms with E-state index in [-0.39, 0.29) is 5.91 Å². The molecule has 0 aromatic heterocycles. The van der Waals surface area contributed by atoms with Crippen LogP contribution in [0.3, 0.4) is 0 Å². The van der Waals surface area contributed by atoms with Gasteiger partial charge in [-0.3, -0.25) is 10.2 Å². The number of nitrogens with one attached hydrogen (secondary N) is 1. The minimum Gasteiger partial charge on any atom is -0.290 e. The molecule has 0 fully saturated rings. The molecule has 3 aromatic carbocycles. The topological polar surface area (TPSA) is 44.7 Å². The number of nitrogens with zero attached hydrogens (tertiary/aromatic N) is 2. The van der Waals surface area contributed by atoms with E-state index in [0.717, 1.165) is 21.3 Å². The van der Waals surface area contributed by atoms with Crippen LogP contribution in [0, 0.1) is 0 Å². The lowest BCUT2D eigenvalue weighted by Crippen LogP contribution is -2.37. The Kier molecular flexibility index (Phi) is 4.85. The number of para-hydroxylation sites is 1. The van der Waals surface area contributed by atoms with Crippen molar-refractivity contribution in [1.29, 1.82) is 0 Å². The van der Waals surface area contributed by atoms with Gasteiger partial charge in [0.1, 0.15) is 5.70 Å². The highest BCUT2D eigenvalue weighted by atomic mass is 79.9. The first-order valence-electron chi connectivity index (χ1n) is 8.48. The minimum atomic E-state index is -0.194. The van der Waals surface area contributed by atoms with Gasteiger partial charge in [0.2, 0.25) is 0 Å². The number of amides is 1. The summed E-state index contributed by atoms with van der Waals surface area (Å²) in [6.45, 7) is 0. The van der Waals surface area contributed by atoms with Crippen LogP contribution in [0.1, 0.15) is 11.1 Å². The third kappa shape index (κ3) is 3.83. The van der Waals surface area contributed by atoms with Crippen molar-refractivity contribution in [3.63, 3.8) is 0 Å². The summed E-state index contributed by atoms with van der Waals surface area (Å²) in [5.74, 6) is 0.383. The molecule has 4 nitrogen and oxygen atoms in total. The summed E-state index contributed by atoms with van der Waals surface area (Å²) in [6.07, 6.45) is 1.80. The Morgan fingerprint density at radius 2 is 1.48 bits per heavy atom. The second-order valence-electron chi connectivity index (χ2n) is 6.00. The predicted molar refractivity (Wildman–Crippen MR) is 112 cm³/mol. The molecule has 0 atom stereocenters. The largest absolute Gasteiger partial charge is 0.297 e. The number of benzene rings is 3. The van der Waals surface area contributed by atoms with Gasteiger partial charge in [-0.25, -0.2) is 4.99 Å². The third-order valence-corrected chi connectivity index (χ3v) is 4.61. The van der Waals surface area contributed by atoms with Crippen LogP contribution in [0.5, 0.6) is 0 Å². The molecular formula is C22H16BrN3O. The molecule has 0 unspecified atom stereocenters. The van der Waals surface area contributed by atoms with E-state index in [1.807, 2.05) is 84.9 Å². The molecule has 27 heavy (non-hydrogen) atoms. The first-order valence-corrected chi connectivity index (χ1v) is 9.27. The number of carbonyl (C=O) groups is 1. The quantitative estimate of drug-likeness (QED) is 0.599. The lowest BCUT2D eigenvalue weighted by Gasteiger charge is -2.20. The molecule has 1 aliphatic rings. The highest BCUT2D eigenvalue weighted by molar-refractivity contribution is 9.10. The maximum absolute atomic E-state index is 13.0. The Hall–Kier alpha value is -3.18. The van der Waals surface area contributed by atoms with Crippen LogP contribution in [0.25, 0.3) is 6.08 Å². The van der Waals surface area contributed by atoms with Gasteiger partial charge in [-0.05, 0) is 35.9 Å². The van der Waals surface area contributed by atoms with Gasteiger partial charge in [0.15, 0.2) is 5.84 Å². The zero-order valence-electron chi connectivity index (χ0n) is 14.3. The molecule has 1 N–H and O–H groups in total. The van der Waals surface area contributed by atoms with Gasteiger partial charge in [0.05, 0.1) is 5.69 Å². The summed E-state index contributed by atoms with van der Waals surface area (Å²) in [4.78, 5) is 17.7. The van der Waals surface area contributed by atoms with E-state index in [4.69, 9.17) is 0 Å². The lowest BCUT2D eigenvalue weighted by atomic mass is 10.2. The zero-order valence-corrected chi connectivity index (χ0v) is 15.9. The number of rotatable bonds is 4. The number of hydrogen-bond donors (Lipinski definition) is 1. The van der Waals surface area contributed by atoms with E-state index < -0.39 is 0 Å². The second kappa shape index (κ2) is 7.60. The maximum Gasteiger partial charge on any atom is 0.297 e. The van der Waals surface area contributed by atoms with Gasteiger partial charge < -0.3 is 0 Å². The lowest BCUT2D eigenvalue weighted by molar-refractivity contribution is -0.121. The summed E-state index contributed by atoms with van der Waals surface area (Å²) in [5, 5.41) is 1.50. The van der Waals surface area contributed by atoms with Crippen molar-refractivity contribution >= 4 is 39.4 Å². The Morgan fingerprint density at radius 1 is 0.852 bits per heavy atom. The Morgan fingerprint density at radius 3 is 2.15 bits per heavy atom. The molecule has 1 heterocycles. The van der Waals surface area contributed by atoms with E-state index in [0.29, 0.717) is 11.5 Å². The number of hydrogen-bond acceptors (Lipinski definition) is 3. The van der Waals surface area contributed by atoms with Gasteiger partial charge >= 0.3 is 0 Å². The van der Waals surface area contributed by atoms with E-state index in [2.05, 4.69) is 26.3 Å². The van der Waals surface area contributed by atoms with Crippen molar-refractivity contribution in [3.05, 3.63) is 106 Å². The van der Waals surface area contributed by atoms with Gasteiger partial charge in [0.25, 0.3) is 5.91 Å². The normalized spacial score (nSPS) is 15.1. The molecule has 132 valence electrons. The zero-order chi connectivity index (χ0) is 18.6. The van der Waals surface area contributed by atoms with Crippen LogP contribution in [0.2, 0.25) is 0 Å². The van der Waals surface area contributed by atoms with Crippen LogP contribution < -0.4 is 5.43 Å². The summed E-state index contributed by atoms with van der Waals surface area (Å²) < 4.78 is 0.989. The van der Waals surface area contributed by atoms with Crippen LogP contribution in [-0.2, 0) is 4.79 Å². The van der Waals surface area contributed by atoms with Crippen LogP contribution in [0.4, 0.5) is 5.69 Å². The molecule has 5 heteroatoms. The Balaban J connectivity index is 1.72. The fourth-order valence-corrected chi connectivity index (χ4v) is 3.02. The smallest absolute Gasteiger partial charge is 0.290 e. The molecule has 0 radical (unpaired) electrons. The number of hydrazine groups is 1. The number of aliphatic imine (C=N–C) groups is 1. The van der Waals surface area contributed by atoms with Gasteiger partial charge in [-0.1, -0.05) is 76.6 Å². The summed E-state index contributed by atoms with van der Waals surface area (Å²) in [7, 11) is 0. The average Bonchev–Trinajstić information content (AvgIpc) is 3.01. The second-order valence-corrected chi connectivity index (χ2v) is 6.92. The van der Waals surface area contributed by atoms with Crippen LogP contribution >= 0.6 is 15.9 Å². The van der Waals surface area contributed by atoms with E-state index in [1.54, 1.807) is 6.08 Å². The van der Waals surface area contributed by atoms with Crippen LogP contribution in [-0.4, -0.2) is 16.8 Å². The van der Waals surface area contributed by atoms with Crippen molar-refractivity contribution in [2.24, 2.45) is 4.99 Å². The van der Waals surface area contributed by atoms with E-state index in [1.165, 1.54) is 5.01 Å². The molecular weight excluding hydrogens is 402 g/mol. The third-order valence-electron chi connectivity index (χ3n) is 4.08. The number of carbonyl (C=O) groups excluding carboxylic acids is 1. The molecule has 0 saturated heterocycles. The summed E-state index contributed by atoms with van der Waals surface area (Å²) in [5.41, 5.74) is 6.16. The standard InChI is InChI=1S/C22H16BrN3O/c23-18-13-11-16(12-14-18)15-20-22(27)26(25-19-9-5-2-6-10-19)21(24-20)17-7-3-1-4-8-17/h1-15,25H.